The number of hydrogen-bond acceptors (Lipinski definition) is 5. The molecule has 0 saturated heterocycles. The van der Waals surface area contributed by atoms with Gasteiger partial charge in [0.15, 0.2) is 10.9 Å². The first-order chi connectivity index (χ1) is 14.4. The molecule has 0 unspecified atom stereocenters. The zero-order chi connectivity index (χ0) is 21.1. The van der Waals surface area contributed by atoms with Crippen LogP contribution in [0.15, 0.2) is 67.0 Å². The van der Waals surface area contributed by atoms with Crippen LogP contribution in [-0.2, 0) is 6.18 Å². The fourth-order valence-electron chi connectivity index (χ4n) is 2.73. The summed E-state index contributed by atoms with van der Waals surface area (Å²) in [5, 5.41) is 3.36. The Balaban J connectivity index is 1.55. The molecule has 152 valence electrons. The number of hydrazine groups is 1. The number of aromatic nitrogens is 2. The number of halogens is 3. The van der Waals surface area contributed by atoms with Crippen LogP contribution in [0, 0.1) is 0 Å². The van der Waals surface area contributed by atoms with Crippen LogP contribution >= 0.6 is 23.6 Å². The maximum atomic E-state index is 13.0. The number of hydrogen-bond donors (Lipinski definition) is 3. The molecular formula is C20H14F3N5S2. The van der Waals surface area contributed by atoms with Gasteiger partial charge in [0.05, 0.1) is 15.8 Å². The minimum Gasteiger partial charge on any atom is -0.331 e. The smallest absolute Gasteiger partial charge is 0.331 e. The van der Waals surface area contributed by atoms with Gasteiger partial charge in [-0.3, -0.25) is 10.9 Å². The Morgan fingerprint density at radius 3 is 2.53 bits per heavy atom. The molecule has 0 aliphatic rings. The van der Waals surface area contributed by atoms with Crippen molar-refractivity contribution in [1.29, 1.82) is 0 Å². The van der Waals surface area contributed by atoms with E-state index in [9.17, 15) is 13.2 Å². The summed E-state index contributed by atoms with van der Waals surface area (Å²) in [6.45, 7) is 0. The topological polar surface area (TPSA) is 61.9 Å². The van der Waals surface area contributed by atoms with Crippen molar-refractivity contribution in [3.63, 3.8) is 0 Å². The third-order valence-electron chi connectivity index (χ3n) is 4.11. The van der Waals surface area contributed by atoms with Crippen LogP contribution < -0.4 is 16.2 Å². The number of nitrogens with zero attached hydrogens (tertiary/aromatic N) is 2. The summed E-state index contributed by atoms with van der Waals surface area (Å²) in [6.07, 6.45) is -3.02. The van der Waals surface area contributed by atoms with Crippen LogP contribution in [0.2, 0.25) is 0 Å². The Bertz CT molecular complexity index is 1190. The first-order valence-corrected chi connectivity index (χ1v) is 9.93. The lowest BCUT2D eigenvalue weighted by Gasteiger charge is -2.12. The second-order valence-electron chi connectivity index (χ2n) is 6.20. The number of nitrogens with one attached hydrogen (secondary N) is 3. The molecule has 2 heterocycles. The van der Waals surface area contributed by atoms with E-state index in [4.69, 9.17) is 12.2 Å². The van der Waals surface area contributed by atoms with Crippen molar-refractivity contribution in [2.75, 3.05) is 10.7 Å². The van der Waals surface area contributed by atoms with Gasteiger partial charge in [-0.2, -0.15) is 13.2 Å². The van der Waals surface area contributed by atoms with E-state index in [1.165, 1.54) is 23.7 Å². The average Bonchev–Trinajstić information content (AvgIpc) is 3.17. The summed E-state index contributed by atoms with van der Waals surface area (Å²) in [5.74, 6) is 0.473. The fraction of sp³-hybridized carbons (Fsp3) is 0.0500. The normalized spacial score (nSPS) is 11.3. The average molecular weight is 445 g/mol. The Morgan fingerprint density at radius 2 is 1.77 bits per heavy atom. The zero-order valence-electron chi connectivity index (χ0n) is 15.2. The molecule has 0 aliphatic carbocycles. The van der Waals surface area contributed by atoms with Crippen LogP contribution in [0.1, 0.15) is 5.56 Å². The van der Waals surface area contributed by atoms with Crippen molar-refractivity contribution >= 4 is 50.4 Å². The third-order valence-corrected chi connectivity index (χ3v) is 5.50. The van der Waals surface area contributed by atoms with Crippen molar-refractivity contribution in [3.05, 3.63) is 72.6 Å². The van der Waals surface area contributed by atoms with Crippen LogP contribution in [0.5, 0.6) is 0 Å². The molecule has 4 aromatic rings. The summed E-state index contributed by atoms with van der Waals surface area (Å²) < 4.78 is 39.8. The lowest BCUT2D eigenvalue weighted by Crippen LogP contribution is -2.33. The van der Waals surface area contributed by atoms with Gasteiger partial charge in [0, 0.05) is 10.6 Å². The van der Waals surface area contributed by atoms with E-state index in [-0.39, 0.29) is 0 Å². The van der Waals surface area contributed by atoms with Crippen molar-refractivity contribution in [3.8, 4) is 10.4 Å². The Labute approximate surface area is 179 Å². The molecule has 0 bridgehead atoms. The van der Waals surface area contributed by atoms with Gasteiger partial charge in [-0.15, -0.1) is 11.3 Å². The van der Waals surface area contributed by atoms with E-state index in [1.54, 1.807) is 12.1 Å². The molecule has 5 nitrogen and oxygen atoms in total. The predicted molar refractivity (Wildman–Crippen MR) is 117 cm³/mol. The van der Waals surface area contributed by atoms with E-state index in [1.807, 2.05) is 30.3 Å². The lowest BCUT2D eigenvalue weighted by atomic mass is 10.1. The van der Waals surface area contributed by atoms with Crippen LogP contribution in [0.25, 0.3) is 20.7 Å². The number of rotatable bonds is 4. The summed E-state index contributed by atoms with van der Waals surface area (Å²) in [5.41, 5.74) is 7.01. The zero-order valence-corrected chi connectivity index (χ0v) is 16.8. The van der Waals surface area contributed by atoms with Crippen LogP contribution in [-0.4, -0.2) is 15.1 Å². The van der Waals surface area contributed by atoms with Crippen molar-refractivity contribution in [2.45, 2.75) is 6.18 Å². The first-order valence-electron chi connectivity index (χ1n) is 8.70. The number of fused-ring (bicyclic) bond motifs is 1. The summed E-state index contributed by atoms with van der Waals surface area (Å²) >= 11 is 6.55. The molecule has 30 heavy (non-hydrogen) atoms. The molecule has 3 N–H and O–H groups in total. The number of benzene rings is 2. The summed E-state index contributed by atoms with van der Waals surface area (Å²) in [7, 11) is 0. The molecule has 0 spiro atoms. The Kier molecular flexibility index (Phi) is 5.51. The highest BCUT2D eigenvalue weighted by Crippen LogP contribution is 2.38. The molecular weight excluding hydrogens is 431 g/mol. The van der Waals surface area contributed by atoms with Crippen LogP contribution in [0.3, 0.4) is 0 Å². The van der Waals surface area contributed by atoms with Gasteiger partial charge in [-0.1, -0.05) is 30.3 Å². The molecule has 0 amide bonds. The molecule has 2 aromatic heterocycles. The molecule has 0 fully saturated rings. The minimum absolute atomic E-state index is 0.336. The first kappa shape index (κ1) is 20.0. The molecule has 0 aliphatic heterocycles. The van der Waals surface area contributed by atoms with E-state index >= 15 is 0 Å². The molecule has 4 rings (SSSR count). The highest BCUT2D eigenvalue weighted by atomic mass is 32.1. The Hall–Kier alpha value is -3.24. The molecule has 0 radical (unpaired) electrons. The Morgan fingerprint density at radius 1 is 0.967 bits per heavy atom. The second kappa shape index (κ2) is 8.25. The van der Waals surface area contributed by atoms with Gasteiger partial charge < -0.3 is 5.32 Å². The maximum absolute atomic E-state index is 13.0. The van der Waals surface area contributed by atoms with E-state index in [0.717, 1.165) is 17.8 Å². The van der Waals surface area contributed by atoms with E-state index in [0.29, 0.717) is 31.6 Å². The molecule has 2 aromatic carbocycles. The number of alkyl halides is 3. The van der Waals surface area contributed by atoms with Gasteiger partial charge >= 0.3 is 6.18 Å². The minimum atomic E-state index is -4.40. The van der Waals surface area contributed by atoms with Crippen molar-refractivity contribution in [2.24, 2.45) is 0 Å². The van der Waals surface area contributed by atoms with E-state index in [2.05, 4.69) is 26.1 Å². The molecule has 10 heteroatoms. The second-order valence-corrected chi connectivity index (χ2v) is 7.66. The summed E-state index contributed by atoms with van der Waals surface area (Å²) in [4.78, 5) is 9.08. The lowest BCUT2D eigenvalue weighted by molar-refractivity contribution is -0.137. The SMILES string of the molecule is FC(F)(F)c1cccc(-c2cc3ncnc(NNC(=S)Nc4ccccc4)c3s2)c1. The largest absolute Gasteiger partial charge is 0.416 e. The standard InChI is InChI=1S/C20H14F3N5S2/c21-20(22,23)13-6-4-5-12(9-13)16-10-15-17(30-16)18(25-11-24-15)27-28-19(29)26-14-7-2-1-3-8-14/h1-11H,(H,24,25,27)(H2,26,28,29). The van der Waals surface area contributed by atoms with Gasteiger partial charge in [-0.25, -0.2) is 9.97 Å². The quantitative estimate of drug-likeness (QED) is 0.277. The van der Waals surface area contributed by atoms with Crippen LogP contribution in [0.4, 0.5) is 24.7 Å². The highest BCUT2D eigenvalue weighted by Gasteiger charge is 2.30. The fourth-order valence-corrected chi connectivity index (χ4v) is 3.96. The molecule has 0 saturated carbocycles. The third kappa shape index (κ3) is 4.50. The number of thiophene rings is 1. The highest BCUT2D eigenvalue weighted by molar-refractivity contribution is 7.80. The van der Waals surface area contributed by atoms with Gasteiger partial charge in [-0.05, 0) is 48.1 Å². The summed E-state index contributed by atoms with van der Waals surface area (Å²) in [6, 6.07) is 16.4. The van der Waals surface area contributed by atoms with Gasteiger partial charge in [0.2, 0.25) is 0 Å². The number of para-hydroxylation sites is 1. The predicted octanol–water partition coefficient (Wildman–Crippen LogP) is 5.69. The van der Waals surface area contributed by atoms with E-state index < -0.39 is 11.7 Å². The monoisotopic (exact) mass is 445 g/mol. The molecule has 0 atom stereocenters. The van der Waals surface area contributed by atoms with Crippen molar-refractivity contribution < 1.29 is 13.2 Å². The number of anilines is 2. The van der Waals surface area contributed by atoms with Gasteiger partial charge in [0.25, 0.3) is 0 Å². The van der Waals surface area contributed by atoms with Crippen molar-refractivity contribution in [1.82, 2.24) is 15.4 Å². The number of thiocarbonyl (C=S) groups is 1. The van der Waals surface area contributed by atoms with Gasteiger partial charge in [0.1, 0.15) is 6.33 Å². The maximum Gasteiger partial charge on any atom is 0.416 e.